The van der Waals surface area contributed by atoms with E-state index in [-0.39, 0.29) is 5.91 Å². The number of nitrogens with one attached hydrogen (secondary N) is 2. The molecule has 0 aromatic heterocycles. The summed E-state index contributed by atoms with van der Waals surface area (Å²) in [6, 6.07) is 0.530. The van der Waals surface area contributed by atoms with Crippen molar-refractivity contribution in [2.75, 3.05) is 7.05 Å². The molecule has 3 heteroatoms. The number of likely N-dealkylation sites (N-methyl/N-ethyl adjacent to an activating group) is 1. The van der Waals surface area contributed by atoms with Gasteiger partial charge in [-0.05, 0) is 18.8 Å². The molecule has 0 heterocycles. The molecule has 0 aromatic carbocycles. The molecule has 1 fully saturated rings. The summed E-state index contributed by atoms with van der Waals surface area (Å²) in [4.78, 5) is 11.4. The summed E-state index contributed by atoms with van der Waals surface area (Å²) in [5.74, 6) is 0.388. The van der Waals surface area contributed by atoms with Crippen molar-refractivity contribution >= 4 is 5.91 Å². The molecular weight excluding hydrogens is 164 g/mol. The number of amides is 1. The van der Waals surface area contributed by atoms with Gasteiger partial charge in [0.15, 0.2) is 0 Å². The molecule has 3 nitrogen and oxygen atoms in total. The van der Waals surface area contributed by atoms with Crippen LogP contribution in [-0.4, -0.2) is 19.0 Å². The van der Waals surface area contributed by atoms with Gasteiger partial charge in [-0.2, -0.15) is 0 Å². The zero-order valence-electron chi connectivity index (χ0n) is 8.55. The van der Waals surface area contributed by atoms with Crippen molar-refractivity contribution < 1.29 is 4.79 Å². The third-order valence-corrected chi connectivity index (χ3v) is 1.91. The van der Waals surface area contributed by atoms with Crippen molar-refractivity contribution in [3.63, 3.8) is 0 Å². The molecule has 1 rings (SSSR count). The molecule has 0 aliphatic heterocycles. The number of carbonyl (C=O) groups is 1. The molecule has 0 spiro atoms. The van der Waals surface area contributed by atoms with Crippen LogP contribution in [0.2, 0.25) is 0 Å². The predicted octanol–water partition coefficient (Wildman–Crippen LogP) is 1.02. The van der Waals surface area contributed by atoms with E-state index in [1.165, 1.54) is 12.8 Å². The Hall–Kier alpha value is -0.990. The zero-order chi connectivity index (χ0) is 9.84. The minimum Gasteiger partial charge on any atom is -0.378 e. The molecule has 1 amide bonds. The average molecular weight is 182 g/mol. The molecule has 1 aliphatic carbocycles. The van der Waals surface area contributed by atoms with Crippen LogP contribution in [-0.2, 0) is 4.79 Å². The zero-order valence-corrected chi connectivity index (χ0v) is 8.55. The van der Waals surface area contributed by atoms with Gasteiger partial charge in [-0.1, -0.05) is 19.9 Å². The van der Waals surface area contributed by atoms with Gasteiger partial charge in [-0.3, -0.25) is 4.79 Å². The van der Waals surface area contributed by atoms with E-state index in [2.05, 4.69) is 24.5 Å². The van der Waals surface area contributed by atoms with E-state index in [1.54, 1.807) is 7.05 Å². The van der Waals surface area contributed by atoms with E-state index in [0.29, 0.717) is 12.0 Å². The quantitative estimate of drug-likeness (QED) is 0.637. The fraction of sp³-hybridized carbons (Fsp3) is 0.700. The second-order valence-corrected chi connectivity index (χ2v) is 3.82. The fourth-order valence-corrected chi connectivity index (χ4v) is 1.10. The first-order chi connectivity index (χ1) is 6.13. The lowest BCUT2D eigenvalue weighted by atomic mass is 10.2. The topological polar surface area (TPSA) is 41.1 Å². The van der Waals surface area contributed by atoms with Crippen molar-refractivity contribution in [1.82, 2.24) is 10.6 Å². The highest BCUT2D eigenvalue weighted by Crippen LogP contribution is 2.20. The summed E-state index contributed by atoms with van der Waals surface area (Å²) in [7, 11) is 1.66. The molecule has 0 aromatic rings. The van der Waals surface area contributed by atoms with Crippen molar-refractivity contribution in [3.8, 4) is 0 Å². The van der Waals surface area contributed by atoms with Crippen LogP contribution in [0, 0.1) is 5.92 Å². The summed E-state index contributed by atoms with van der Waals surface area (Å²) >= 11 is 0. The van der Waals surface area contributed by atoms with Crippen molar-refractivity contribution in [1.29, 1.82) is 0 Å². The standard InChI is InChI=1S/C10H18N2O/c1-7(2)6-9(10(13)11-3)12-8-4-5-8/h6-8,12H,4-5H2,1-3H3,(H,11,13)/b9-6-. The lowest BCUT2D eigenvalue weighted by Gasteiger charge is -2.09. The first-order valence-electron chi connectivity index (χ1n) is 4.84. The van der Waals surface area contributed by atoms with Crippen LogP contribution in [0.25, 0.3) is 0 Å². The predicted molar refractivity (Wildman–Crippen MR) is 53.1 cm³/mol. The largest absolute Gasteiger partial charge is 0.378 e. The highest BCUT2D eigenvalue weighted by Gasteiger charge is 2.23. The molecule has 13 heavy (non-hydrogen) atoms. The smallest absolute Gasteiger partial charge is 0.266 e. The maximum absolute atomic E-state index is 11.4. The molecule has 1 saturated carbocycles. The third-order valence-electron chi connectivity index (χ3n) is 1.91. The lowest BCUT2D eigenvalue weighted by Crippen LogP contribution is -2.30. The van der Waals surface area contributed by atoms with Crippen LogP contribution in [0.5, 0.6) is 0 Å². The van der Waals surface area contributed by atoms with Gasteiger partial charge < -0.3 is 10.6 Å². The van der Waals surface area contributed by atoms with Gasteiger partial charge in [0, 0.05) is 13.1 Å². The van der Waals surface area contributed by atoms with E-state index in [1.807, 2.05) is 6.08 Å². The summed E-state index contributed by atoms with van der Waals surface area (Å²) in [6.45, 7) is 4.13. The Morgan fingerprint density at radius 1 is 1.46 bits per heavy atom. The molecule has 74 valence electrons. The first kappa shape index (κ1) is 10.1. The number of allylic oxidation sites excluding steroid dienone is 1. The first-order valence-corrected chi connectivity index (χ1v) is 4.84. The minimum atomic E-state index is -0.0133. The SMILES string of the molecule is CNC(=O)/C(=C/C(C)C)NC1CC1. The molecule has 0 unspecified atom stereocenters. The Balaban J connectivity index is 2.56. The molecule has 2 N–H and O–H groups in total. The van der Waals surface area contributed by atoms with Gasteiger partial charge in [0.1, 0.15) is 0 Å². The molecule has 0 saturated heterocycles. The molecule has 0 atom stereocenters. The van der Waals surface area contributed by atoms with Gasteiger partial charge in [-0.15, -0.1) is 0 Å². The van der Waals surface area contributed by atoms with Crippen LogP contribution in [0.15, 0.2) is 11.8 Å². The van der Waals surface area contributed by atoms with E-state index >= 15 is 0 Å². The molecule has 0 bridgehead atoms. The Morgan fingerprint density at radius 3 is 2.46 bits per heavy atom. The molecule has 0 radical (unpaired) electrons. The number of hydrogen-bond acceptors (Lipinski definition) is 2. The summed E-state index contributed by atoms with van der Waals surface area (Å²) in [5.41, 5.74) is 0.722. The highest BCUT2D eigenvalue weighted by atomic mass is 16.1. The highest BCUT2D eigenvalue weighted by molar-refractivity contribution is 5.92. The summed E-state index contributed by atoms with van der Waals surface area (Å²) in [6.07, 6.45) is 4.34. The van der Waals surface area contributed by atoms with Gasteiger partial charge in [0.05, 0.1) is 5.70 Å². The molecule has 1 aliphatic rings. The second kappa shape index (κ2) is 4.30. The van der Waals surface area contributed by atoms with E-state index < -0.39 is 0 Å². The number of carbonyl (C=O) groups excluding carboxylic acids is 1. The van der Waals surface area contributed by atoms with Crippen molar-refractivity contribution in [2.45, 2.75) is 32.7 Å². The minimum absolute atomic E-state index is 0.0133. The van der Waals surface area contributed by atoms with Crippen LogP contribution >= 0.6 is 0 Å². The maximum atomic E-state index is 11.4. The van der Waals surface area contributed by atoms with Crippen molar-refractivity contribution in [2.24, 2.45) is 5.92 Å². The molecular formula is C10H18N2O. The Labute approximate surface area is 79.6 Å². The summed E-state index contributed by atoms with van der Waals surface area (Å²) in [5, 5.41) is 5.86. The number of rotatable bonds is 4. The number of hydrogen-bond donors (Lipinski definition) is 2. The van der Waals surface area contributed by atoms with E-state index in [4.69, 9.17) is 0 Å². The maximum Gasteiger partial charge on any atom is 0.266 e. The Bertz CT molecular complexity index is 217. The van der Waals surface area contributed by atoms with E-state index in [0.717, 1.165) is 5.70 Å². The van der Waals surface area contributed by atoms with Gasteiger partial charge in [0.2, 0.25) is 0 Å². The Kier molecular flexibility index (Phi) is 3.34. The van der Waals surface area contributed by atoms with Crippen LogP contribution < -0.4 is 10.6 Å². The fourth-order valence-electron chi connectivity index (χ4n) is 1.10. The second-order valence-electron chi connectivity index (χ2n) is 3.82. The summed E-state index contributed by atoms with van der Waals surface area (Å²) < 4.78 is 0. The van der Waals surface area contributed by atoms with Crippen LogP contribution in [0.4, 0.5) is 0 Å². The lowest BCUT2D eigenvalue weighted by molar-refractivity contribution is -0.117. The van der Waals surface area contributed by atoms with Gasteiger partial charge in [0.25, 0.3) is 5.91 Å². The van der Waals surface area contributed by atoms with Crippen molar-refractivity contribution in [3.05, 3.63) is 11.8 Å². The Morgan fingerprint density at radius 2 is 2.08 bits per heavy atom. The normalized spacial score (nSPS) is 17.4. The van der Waals surface area contributed by atoms with Crippen LogP contribution in [0.3, 0.4) is 0 Å². The monoisotopic (exact) mass is 182 g/mol. The average Bonchev–Trinajstić information content (AvgIpc) is 2.85. The van der Waals surface area contributed by atoms with Gasteiger partial charge in [-0.25, -0.2) is 0 Å². The van der Waals surface area contributed by atoms with Gasteiger partial charge >= 0.3 is 0 Å². The third kappa shape index (κ3) is 3.49. The van der Waals surface area contributed by atoms with E-state index in [9.17, 15) is 4.79 Å². The van der Waals surface area contributed by atoms with Crippen LogP contribution in [0.1, 0.15) is 26.7 Å².